The van der Waals surface area contributed by atoms with Crippen molar-refractivity contribution in [2.75, 3.05) is 32.8 Å². The fraction of sp³-hybridized carbons (Fsp3) is 0.333. The summed E-state index contributed by atoms with van der Waals surface area (Å²) in [6.45, 7) is 3.96. The second-order valence-corrected chi connectivity index (χ2v) is 6.92. The molecule has 0 saturated carbocycles. The maximum atomic E-state index is 13.4. The predicted molar refractivity (Wildman–Crippen MR) is 103 cm³/mol. The van der Waals surface area contributed by atoms with Crippen LogP contribution in [0.3, 0.4) is 0 Å². The van der Waals surface area contributed by atoms with Crippen LogP contribution in [0.25, 0.3) is 22.0 Å². The molecule has 28 heavy (non-hydrogen) atoms. The number of hydrogen-bond donors (Lipinski definition) is 0. The number of halogens is 1. The molecule has 0 radical (unpaired) electrons. The summed E-state index contributed by atoms with van der Waals surface area (Å²) in [5.41, 5.74) is 2.92. The summed E-state index contributed by atoms with van der Waals surface area (Å²) in [6, 6.07) is 8.94. The fourth-order valence-electron chi connectivity index (χ4n) is 3.32. The SMILES string of the molecule is O=C(CCN1CCOCC1)Cc1cc2cc(-c3cncc(F)c3)ccc2nn1. The Labute approximate surface area is 162 Å². The number of Topliss-reactive ketones (excluding diaryl/α,β-unsaturated/α-hetero) is 1. The molecule has 2 aromatic heterocycles. The van der Waals surface area contributed by atoms with Crippen molar-refractivity contribution in [3.63, 3.8) is 0 Å². The lowest BCUT2D eigenvalue weighted by Crippen LogP contribution is -2.37. The molecule has 0 amide bonds. The number of morpholine rings is 1. The zero-order chi connectivity index (χ0) is 19.3. The van der Waals surface area contributed by atoms with Crippen molar-refractivity contribution in [1.82, 2.24) is 20.1 Å². The Balaban J connectivity index is 1.46. The average Bonchev–Trinajstić information content (AvgIpc) is 2.72. The van der Waals surface area contributed by atoms with Crippen LogP contribution < -0.4 is 0 Å². The van der Waals surface area contributed by atoms with E-state index in [0.29, 0.717) is 17.7 Å². The van der Waals surface area contributed by atoms with E-state index in [1.165, 1.54) is 12.3 Å². The highest BCUT2D eigenvalue weighted by Gasteiger charge is 2.13. The van der Waals surface area contributed by atoms with E-state index in [9.17, 15) is 9.18 Å². The Morgan fingerprint density at radius 1 is 1.07 bits per heavy atom. The Bertz CT molecular complexity index is 989. The first-order valence-corrected chi connectivity index (χ1v) is 9.36. The van der Waals surface area contributed by atoms with Crippen molar-refractivity contribution in [3.8, 4) is 11.1 Å². The van der Waals surface area contributed by atoms with Gasteiger partial charge in [0.15, 0.2) is 0 Å². The van der Waals surface area contributed by atoms with Crippen LogP contribution in [0.2, 0.25) is 0 Å². The maximum absolute atomic E-state index is 13.4. The third-order valence-electron chi connectivity index (χ3n) is 4.86. The van der Waals surface area contributed by atoms with Gasteiger partial charge in [-0.15, -0.1) is 0 Å². The van der Waals surface area contributed by atoms with E-state index < -0.39 is 0 Å². The van der Waals surface area contributed by atoms with Crippen molar-refractivity contribution < 1.29 is 13.9 Å². The van der Waals surface area contributed by atoms with Gasteiger partial charge >= 0.3 is 0 Å². The molecule has 1 aromatic carbocycles. The van der Waals surface area contributed by atoms with Crippen LogP contribution in [-0.2, 0) is 16.0 Å². The number of ketones is 1. The normalized spacial score (nSPS) is 15.0. The van der Waals surface area contributed by atoms with Crippen LogP contribution in [0, 0.1) is 5.82 Å². The summed E-state index contributed by atoms with van der Waals surface area (Å²) in [7, 11) is 0. The van der Waals surface area contributed by atoms with Gasteiger partial charge in [-0.1, -0.05) is 6.07 Å². The Morgan fingerprint density at radius 3 is 2.75 bits per heavy atom. The number of carbonyl (C=O) groups excluding carboxylic acids is 1. The lowest BCUT2D eigenvalue weighted by Gasteiger charge is -2.26. The van der Waals surface area contributed by atoms with Crippen LogP contribution in [0.5, 0.6) is 0 Å². The molecule has 0 unspecified atom stereocenters. The lowest BCUT2D eigenvalue weighted by atomic mass is 10.0. The molecule has 144 valence electrons. The summed E-state index contributed by atoms with van der Waals surface area (Å²) in [6.07, 6.45) is 3.55. The van der Waals surface area contributed by atoms with Gasteiger partial charge in [-0.05, 0) is 29.8 Å². The number of ether oxygens (including phenoxy) is 1. The van der Waals surface area contributed by atoms with Gasteiger partial charge in [-0.3, -0.25) is 14.7 Å². The minimum Gasteiger partial charge on any atom is -0.379 e. The maximum Gasteiger partial charge on any atom is 0.142 e. The first-order valence-electron chi connectivity index (χ1n) is 9.36. The van der Waals surface area contributed by atoms with E-state index in [0.717, 1.165) is 49.3 Å². The number of benzene rings is 1. The topological polar surface area (TPSA) is 68.2 Å². The third-order valence-corrected chi connectivity index (χ3v) is 4.86. The minimum atomic E-state index is -0.378. The minimum absolute atomic E-state index is 0.144. The van der Waals surface area contributed by atoms with E-state index >= 15 is 0 Å². The van der Waals surface area contributed by atoms with E-state index in [2.05, 4.69) is 20.1 Å². The van der Waals surface area contributed by atoms with Gasteiger partial charge in [0.05, 0.1) is 37.0 Å². The Morgan fingerprint density at radius 2 is 1.93 bits per heavy atom. The average molecular weight is 380 g/mol. The molecule has 0 bridgehead atoms. The number of rotatable bonds is 6. The fourth-order valence-corrected chi connectivity index (χ4v) is 3.32. The number of nitrogens with zero attached hydrogens (tertiary/aromatic N) is 4. The molecule has 0 spiro atoms. The van der Waals surface area contributed by atoms with Gasteiger partial charge in [-0.25, -0.2) is 4.39 Å². The quantitative estimate of drug-likeness (QED) is 0.655. The van der Waals surface area contributed by atoms with Crippen LogP contribution >= 0.6 is 0 Å². The second kappa shape index (κ2) is 8.50. The standard InChI is InChI=1S/C21H21FN4O2/c22-18-10-17(13-23-14-18)15-1-2-21-16(9-15)11-19(24-25-21)12-20(27)3-4-26-5-7-28-8-6-26/h1-2,9-11,13-14H,3-8,12H2. The third kappa shape index (κ3) is 4.55. The molecule has 1 aliphatic rings. The largest absolute Gasteiger partial charge is 0.379 e. The summed E-state index contributed by atoms with van der Waals surface area (Å²) >= 11 is 0. The van der Waals surface area contributed by atoms with E-state index in [4.69, 9.17) is 4.74 Å². The second-order valence-electron chi connectivity index (χ2n) is 6.92. The number of aromatic nitrogens is 3. The summed E-state index contributed by atoms with van der Waals surface area (Å²) in [5.74, 6) is -0.234. The first-order chi connectivity index (χ1) is 13.7. The molecule has 6 nitrogen and oxygen atoms in total. The molecule has 0 atom stereocenters. The summed E-state index contributed by atoms with van der Waals surface area (Å²) < 4.78 is 18.8. The Hall–Kier alpha value is -2.77. The highest BCUT2D eigenvalue weighted by atomic mass is 19.1. The van der Waals surface area contributed by atoms with Crippen LogP contribution in [0.4, 0.5) is 4.39 Å². The molecule has 1 saturated heterocycles. The van der Waals surface area contributed by atoms with Crippen LogP contribution in [0.15, 0.2) is 42.7 Å². The lowest BCUT2D eigenvalue weighted by molar-refractivity contribution is -0.119. The smallest absolute Gasteiger partial charge is 0.142 e. The molecule has 3 aromatic rings. The van der Waals surface area contributed by atoms with Gasteiger partial charge < -0.3 is 4.74 Å². The first kappa shape index (κ1) is 18.6. The zero-order valence-electron chi connectivity index (χ0n) is 15.5. The number of fused-ring (bicyclic) bond motifs is 1. The van der Waals surface area contributed by atoms with E-state index in [1.807, 2.05) is 24.3 Å². The molecular formula is C21H21FN4O2. The Kier molecular flexibility index (Phi) is 5.64. The highest BCUT2D eigenvalue weighted by molar-refractivity contribution is 5.86. The van der Waals surface area contributed by atoms with Gasteiger partial charge in [0.1, 0.15) is 11.6 Å². The monoisotopic (exact) mass is 380 g/mol. The van der Waals surface area contributed by atoms with Crippen molar-refractivity contribution >= 4 is 16.7 Å². The number of carbonyl (C=O) groups is 1. The molecule has 0 N–H and O–H groups in total. The zero-order valence-corrected chi connectivity index (χ0v) is 15.5. The van der Waals surface area contributed by atoms with E-state index in [1.54, 1.807) is 6.20 Å². The highest BCUT2D eigenvalue weighted by Crippen LogP contribution is 2.23. The predicted octanol–water partition coefficient (Wildman–Crippen LogP) is 2.66. The van der Waals surface area contributed by atoms with Crippen molar-refractivity contribution in [3.05, 3.63) is 54.2 Å². The van der Waals surface area contributed by atoms with Crippen molar-refractivity contribution in [2.24, 2.45) is 0 Å². The van der Waals surface area contributed by atoms with Gasteiger partial charge in [0.25, 0.3) is 0 Å². The van der Waals surface area contributed by atoms with E-state index in [-0.39, 0.29) is 18.0 Å². The number of pyridine rings is 1. The van der Waals surface area contributed by atoms with Gasteiger partial charge in [-0.2, -0.15) is 10.2 Å². The molecule has 4 rings (SSSR count). The van der Waals surface area contributed by atoms with Gasteiger partial charge in [0, 0.05) is 43.2 Å². The van der Waals surface area contributed by atoms with Crippen molar-refractivity contribution in [1.29, 1.82) is 0 Å². The van der Waals surface area contributed by atoms with Crippen LogP contribution in [-0.4, -0.2) is 58.7 Å². The van der Waals surface area contributed by atoms with Gasteiger partial charge in [0.2, 0.25) is 0 Å². The van der Waals surface area contributed by atoms with Crippen molar-refractivity contribution in [2.45, 2.75) is 12.8 Å². The summed E-state index contributed by atoms with van der Waals surface area (Å²) in [5, 5.41) is 9.27. The molecule has 3 heterocycles. The summed E-state index contributed by atoms with van der Waals surface area (Å²) in [4.78, 5) is 18.5. The van der Waals surface area contributed by atoms with Crippen LogP contribution in [0.1, 0.15) is 12.1 Å². The molecule has 7 heteroatoms. The number of hydrogen-bond acceptors (Lipinski definition) is 6. The molecule has 1 aliphatic heterocycles. The molecule has 1 fully saturated rings. The molecular weight excluding hydrogens is 359 g/mol. The molecule has 0 aliphatic carbocycles.